The highest BCUT2D eigenvalue weighted by Crippen LogP contribution is 2.46. The van der Waals surface area contributed by atoms with Gasteiger partial charge in [-0.15, -0.1) is 0 Å². The van der Waals surface area contributed by atoms with Crippen molar-refractivity contribution < 1.29 is 38.1 Å². The van der Waals surface area contributed by atoms with Gasteiger partial charge in [-0.05, 0) is 60.5 Å². The molecule has 3 aromatic rings. The second-order valence-electron chi connectivity index (χ2n) is 8.92. The van der Waals surface area contributed by atoms with Crippen molar-refractivity contribution in [2.24, 2.45) is 0 Å². The summed E-state index contributed by atoms with van der Waals surface area (Å²) in [7, 11) is 4.45. The van der Waals surface area contributed by atoms with E-state index in [1.807, 2.05) is 6.92 Å². The average molecular weight is 506 g/mol. The molecule has 1 aromatic heterocycles. The SMILES string of the molecule is COc1cc([C@@H]2C(=C(O)c3ccc4c(c3)C[C@@H](C)O4)C(=O)C(=O)N2Cc2ccco2)cc(OC)c1OC. The van der Waals surface area contributed by atoms with Gasteiger partial charge in [0, 0.05) is 12.0 Å². The summed E-state index contributed by atoms with van der Waals surface area (Å²) < 4.78 is 27.7. The summed E-state index contributed by atoms with van der Waals surface area (Å²) in [5.41, 5.74) is 1.80. The molecule has 9 heteroatoms. The zero-order valence-corrected chi connectivity index (χ0v) is 20.9. The van der Waals surface area contributed by atoms with Crippen molar-refractivity contribution in [3.63, 3.8) is 0 Å². The third-order valence-corrected chi connectivity index (χ3v) is 6.62. The number of benzene rings is 2. The van der Waals surface area contributed by atoms with Gasteiger partial charge in [-0.3, -0.25) is 9.59 Å². The van der Waals surface area contributed by atoms with Crippen LogP contribution in [0.4, 0.5) is 0 Å². The Bertz CT molecular complexity index is 1370. The highest BCUT2D eigenvalue weighted by molar-refractivity contribution is 6.46. The van der Waals surface area contributed by atoms with E-state index >= 15 is 0 Å². The molecule has 37 heavy (non-hydrogen) atoms. The van der Waals surface area contributed by atoms with E-state index in [0.29, 0.717) is 40.6 Å². The van der Waals surface area contributed by atoms with Gasteiger partial charge >= 0.3 is 0 Å². The molecule has 0 bridgehead atoms. The topological polar surface area (TPSA) is 108 Å². The molecule has 192 valence electrons. The van der Waals surface area contributed by atoms with Crippen LogP contribution in [0.5, 0.6) is 23.0 Å². The standard InChI is InChI=1S/C28H27NO8/c1-15-10-17-11-16(7-8-20(17)37-15)25(30)23-24(18-12-21(33-2)27(35-4)22(13-18)34-3)29(28(32)26(23)31)14-19-6-5-9-36-19/h5-9,11-13,15,24,30H,10,14H2,1-4H3/t15-,24-/m1/s1. The van der Waals surface area contributed by atoms with E-state index in [9.17, 15) is 14.7 Å². The Morgan fingerprint density at radius 3 is 2.41 bits per heavy atom. The summed E-state index contributed by atoms with van der Waals surface area (Å²) in [6.07, 6.45) is 2.19. The number of ether oxygens (including phenoxy) is 4. The summed E-state index contributed by atoms with van der Waals surface area (Å²) in [6, 6.07) is 11.0. The molecular weight excluding hydrogens is 478 g/mol. The summed E-state index contributed by atoms with van der Waals surface area (Å²) in [6.45, 7) is 1.98. The third-order valence-electron chi connectivity index (χ3n) is 6.62. The first-order valence-corrected chi connectivity index (χ1v) is 11.8. The zero-order valence-electron chi connectivity index (χ0n) is 20.9. The number of aliphatic hydroxyl groups is 1. The minimum absolute atomic E-state index is 0.0190. The first-order chi connectivity index (χ1) is 17.9. The molecule has 2 aliphatic heterocycles. The van der Waals surface area contributed by atoms with Crippen molar-refractivity contribution in [3.05, 3.63) is 76.8 Å². The summed E-state index contributed by atoms with van der Waals surface area (Å²) in [5, 5.41) is 11.5. The monoisotopic (exact) mass is 505 g/mol. The largest absolute Gasteiger partial charge is 0.507 e. The summed E-state index contributed by atoms with van der Waals surface area (Å²) in [4.78, 5) is 28.1. The highest BCUT2D eigenvalue weighted by Gasteiger charge is 2.47. The molecule has 0 radical (unpaired) electrons. The van der Waals surface area contributed by atoms with Crippen molar-refractivity contribution in [1.82, 2.24) is 4.90 Å². The molecule has 2 aromatic carbocycles. The third kappa shape index (κ3) is 4.16. The molecule has 2 atom stereocenters. The zero-order chi connectivity index (χ0) is 26.3. The number of aliphatic hydroxyl groups excluding tert-OH is 1. The lowest BCUT2D eigenvalue weighted by Gasteiger charge is -2.26. The smallest absolute Gasteiger partial charge is 0.296 e. The van der Waals surface area contributed by atoms with Crippen LogP contribution in [0.1, 0.15) is 35.4 Å². The van der Waals surface area contributed by atoms with Gasteiger partial charge < -0.3 is 33.4 Å². The Balaban J connectivity index is 1.69. The van der Waals surface area contributed by atoms with Crippen LogP contribution in [-0.4, -0.2) is 49.1 Å². The Hall–Kier alpha value is -4.40. The Labute approximate surface area is 213 Å². The van der Waals surface area contributed by atoms with Gasteiger partial charge in [0.15, 0.2) is 11.5 Å². The number of fused-ring (bicyclic) bond motifs is 1. The van der Waals surface area contributed by atoms with Crippen LogP contribution < -0.4 is 18.9 Å². The fourth-order valence-corrected chi connectivity index (χ4v) is 4.94. The number of methoxy groups -OCH3 is 3. The number of hydrogen-bond acceptors (Lipinski definition) is 8. The van der Waals surface area contributed by atoms with E-state index in [1.54, 1.807) is 42.5 Å². The van der Waals surface area contributed by atoms with Crippen molar-refractivity contribution in [2.45, 2.75) is 32.0 Å². The molecule has 2 aliphatic rings. The fourth-order valence-electron chi connectivity index (χ4n) is 4.94. The van der Waals surface area contributed by atoms with E-state index in [4.69, 9.17) is 23.4 Å². The van der Waals surface area contributed by atoms with Crippen LogP contribution in [0.25, 0.3) is 5.76 Å². The molecule has 0 saturated carbocycles. The minimum Gasteiger partial charge on any atom is -0.507 e. The van der Waals surface area contributed by atoms with Gasteiger partial charge in [0.1, 0.15) is 23.4 Å². The molecule has 0 aliphatic carbocycles. The van der Waals surface area contributed by atoms with Crippen molar-refractivity contribution >= 4 is 17.4 Å². The molecule has 1 N–H and O–H groups in total. The Morgan fingerprint density at radius 1 is 1.05 bits per heavy atom. The van der Waals surface area contributed by atoms with Crippen molar-refractivity contribution in [3.8, 4) is 23.0 Å². The number of carbonyl (C=O) groups is 2. The summed E-state index contributed by atoms with van der Waals surface area (Å²) >= 11 is 0. The predicted molar refractivity (Wildman–Crippen MR) is 133 cm³/mol. The van der Waals surface area contributed by atoms with Gasteiger partial charge in [-0.2, -0.15) is 0 Å². The number of amides is 1. The molecule has 1 saturated heterocycles. The lowest BCUT2D eigenvalue weighted by molar-refractivity contribution is -0.140. The first-order valence-electron chi connectivity index (χ1n) is 11.8. The van der Waals surface area contributed by atoms with Crippen LogP contribution in [0, 0.1) is 0 Å². The number of hydrogen-bond donors (Lipinski definition) is 1. The van der Waals surface area contributed by atoms with Crippen LogP contribution in [0.15, 0.2) is 58.7 Å². The van der Waals surface area contributed by atoms with Gasteiger partial charge in [0.25, 0.3) is 11.7 Å². The Morgan fingerprint density at radius 2 is 1.78 bits per heavy atom. The lowest BCUT2D eigenvalue weighted by Crippen LogP contribution is -2.29. The number of rotatable bonds is 7. The number of Topliss-reactive ketones (excluding diaryl/α,β-unsaturated/α-hetero) is 1. The number of carbonyl (C=O) groups excluding carboxylic acids is 2. The molecule has 0 unspecified atom stereocenters. The van der Waals surface area contributed by atoms with E-state index in [1.165, 1.54) is 32.5 Å². The van der Waals surface area contributed by atoms with Crippen LogP contribution >= 0.6 is 0 Å². The van der Waals surface area contributed by atoms with E-state index in [2.05, 4.69) is 0 Å². The van der Waals surface area contributed by atoms with Crippen molar-refractivity contribution in [2.75, 3.05) is 21.3 Å². The summed E-state index contributed by atoms with van der Waals surface area (Å²) in [5.74, 6) is 0.466. The molecular formula is C28H27NO8. The van der Waals surface area contributed by atoms with Gasteiger partial charge in [-0.1, -0.05) is 0 Å². The lowest BCUT2D eigenvalue weighted by atomic mass is 9.94. The number of ketones is 1. The van der Waals surface area contributed by atoms with Crippen LogP contribution in [0.3, 0.4) is 0 Å². The van der Waals surface area contributed by atoms with E-state index in [0.717, 1.165) is 11.3 Å². The number of nitrogens with zero attached hydrogens (tertiary/aromatic N) is 1. The normalized spacial score (nSPS) is 20.1. The predicted octanol–water partition coefficient (Wildman–Crippen LogP) is 4.25. The highest BCUT2D eigenvalue weighted by atomic mass is 16.5. The molecule has 1 amide bonds. The molecule has 9 nitrogen and oxygen atoms in total. The van der Waals surface area contributed by atoms with Crippen LogP contribution in [-0.2, 0) is 22.6 Å². The number of furan rings is 1. The number of likely N-dealkylation sites (tertiary alicyclic amines) is 1. The first kappa shape index (κ1) is 24.3. The quantitative estimate of drug-likeness (QED) is 0.289. The fraction of sp³-hybridized carbons (Fsp3) is 0.286. The van der Waals surface area contributed by atoms with Gasteiger partial charge in [0.05, 0.1) is 45.8 Å². The van der Waals surface area contributed by atoms with E-state index < -0.39 is 17.7 Å². The van der Waals surface area contributed by atoms with Crippen molar-refractivity contribution in [1.29, 1.82) is 0 Å². The van der Waals surface area contributed by atoms with E-state index in [-0.39, 0.29) is 24.0 Å². The Kier molecular flexibility index (Phi) is 6.29. The maximum atomic E-state index is 13.4. The molecule has 5 rings (SSSR count). The maximum absolute atomic E-state index is 13.4. The van der Waals surface area contributed by atoms with Gasteiger partial charge in [0.2, 0.25) is 5.75 Å². The maximum Gasteiger partial charge on any atom is 0.296 e. The average Bonchev–Trinajstić information content (AvgIpc) is 3.61. The van der Waals surface area contributed by atoms with Gasteiger partial charge in [-0.25, -0.2) is 0 Å². The minimum atomic E-state index is -0.942. The molecule has 1 fully saturated rings. The second kappa shape index (κ2) is 9.57. The van der Waals surface area contributed by atoms with Crippen LogP contribution in [0.2, 0.25) is 0 Å². The second-order valence-corrected chi connectivity index (χ2v) is 8.92. The molecule has 3 heterocycles. The molecule has 0 spiro atoms.